The van der Waals surface area contributed by atoms with Gasteiger partial charge in [0.25, 0.3) is 0 Å². The van der Waals surface area contributed by atoms with Gasteiger partial charge in [0.1, 0.15) is 5.69 Å². The van der Waals surface area contributed by atoms with Crippen LogP contribution in [0.4, 0.5) is 0 Å². The average Bonchev–Trinajstić information content (AvgIpc) is 2.51. The predicted molar refractivity (Wildman–Crippen MR) is 57.0 cm³/mol. The van der Waals surface area contributed by atoms with Crippen molar-refractivity contribution in [1.82, 2.24) is 5.16 Å². The summed E-state index contributed by atoms with van der Waals surface area (Å²) in [4.78, 5) is 0. The lowest BCUT2D eigenvalue weighted by molar-refractivity contribution is 0.424. The lowest BCUT2D eigenvalue weighted by Gasteiger charge is -2.01. The topological polar surface area (TPSA) is 26.0 Å². The first-order valence-electron chi connectivity index (χ1n) is 3.75. The maximum Gasteiger partial charge on any atom is 0.226 e. The van der Waals surface area contributed by atoms with Gasteiger partial charge in [-0.05, 0) is 23.7 Å². The van der Waals surface area contributed by atoms with Crippen molar-refractivity contribution in [3.8, 4) is 11.3 Å². The Hall–Kier alpha value is -0.700. The van der Waals surface area contributed by atoms with Gasteiger partial charge in [0.15, 0.2) is 0 Å². The van der Waals surface area contributed by atoms with E-state index in [2.05, 4.69) is 5.16 Å². The molecule has 0 atom stereocenters. The molecule has 0 unspecified atom stereocenters. The molecule has 0 amide bonds. The van der Waals surface area contributed by atoms with E-state index in [-0.39, 0.29) is 5.22 Å². The van der Waals surface area contributed by atoms with Crippen LogP contribution >= 0.6 is 34.8 Å². The second-order valence-electron chi connectivity index (χ2n) is 2.61. The number of hydrogen-bond donors (Lipinski definition) is 0. The van der Waals surface area contributed by atoms with Crippen LogP contribution in [0, 0.1) is 0 Å². The molecular formula is C9H4Cl3NO. The van der Waals surface area contributed by atoms with E-state index in [1.807, 2.05) is 0 Å². The first kappa shape index (κ1) is 9.84. The molecule has 0 N–H and O–H groups in total. The van der Waals surface area contributed by atoms with Crippen molar-refractivity contribution in [3.63, 3.8) is 0 Å². The van der Waals surface area contributed by atoms with Crippen molar-refractivity contribution in [3.05, 3.63) is 39.5 Å². The Balaban J connectivity index is 2.61. The fourth-order valence-electron chi connectivity index (χ4n) is 1.11. The highest BCUT2D eigenvalue weighted by Crippen LogP contribution is 2.34. The standard InChI is InChI=1S/C9H4Cl3NO/c10-5-2-1-3-6(11)9(5)7-4-8(12)14-13-7/h1-4H. The summed E-state index contributed by atoms with van der Waals surface area (Å²) in [7, 11) is 0. The molecule has 0 radical (unpaired) electrons. The van der Waals surface area contributed by atoms with E-state index in [1.165, 1.54) is 0 Å². The SMILES string of the molecule is Clc1cc(-c2c(Cl)cccc2Cl)no1. The van der Waals surface area contributed by atoms with E-state index < -0.39 is 0 Å². The number of rotatable bonds is 1. The van der Waals surface area contributed by atoms with E-state index in [4.69, 9.17) is 39.3 Å². The van der Waals surface area contributed by atoms with Gasteiger partial charge in [-0.25, -0.2) is 0 Å². The second kappa shape index (κ2) is 3.81. The van der Waals surface area contributed by atoms with Gasteiger partial charge in [0.2, 0.25) is 5.22 Å². The molecule has 0 aliphatic carbocycles. The van der Waals surface area contributed by atoms with Crippen molar-refractivity contribution in [2.75, 3.05) is 0 Å². The third kappa shape index (κ3) is 1.73. The van der Waals surface area contributed by atoms with Crippen LogP contribution in [0.1, 0.15) is 0 Å². The fourth-order valence-corrected chi connectivity index (χ4v) is 1.84. The van der Waals surface area contributed by atoms with Crippen LogP contribution < -0.4 is 0 Å². The van der Waals surface area contributed by atoms with Gasteiger partial charge < -0.3 is 4.52 Å². The second-order valence-corrected chi connectivity index (χ2v) is 3.80. The molecule has 0 spiro atoms. The van der Waals surface area contributed by atoms with Crippen molar-refractivity contribution < 1.29 is 4.52 Å². The molecule has 1 aromatic heterocycles. The van der Waals surface area contributed by atoms with Crippen LogP contribution in [0.2, 0.25) is 15.3 Å². The van der Waals surface area contributed by atoms with Gasteiger partial charge in [-0.1, -0.05) is 34.4 Å². The average molecular weight is 248 g/mol. The van der Waals surface area contributed by atoms with Crippen LogP contribution in [0.3, 0.4) is 0 Å². The smallest absolute Gasteiger partial charge is 0.226 e. The zero-order valence-corrected chi connectivity index (χ0v) is 9.07. The maximum atomic E-state index is 5.96. The molecule has 14 heavy (non-hydrogen) atoms. The predicted octanol–water partition coefficient (Wildman–Crippen LogP) is 4.30. The summed E-state index contributed by atoms with van der Waals surface area (Å²) in [6, 6.07) is 6.78. The largest absolute Gasteiger partial charge is 0.344 e. The molecule has 5 heteroatoms. The molecule has 0 saturated carbocycles. The molecular weight excluding hydrogens is 244 g/mol. The Bertz CT molecular complexity index is 447. The van der Waals surface area contributed by atoms with Crippen molar-refractivity contribution >= 4 is 34.8 Å². The third-order valence-electron chi connectivity index (χ3n) is 1.70. The first-order chi connectivity index (χ1) is 6.68. The number of aromatic nitrogens is 1. The number of benzene rings is 1. The fraction of sp³-hybridized carbons (Fsp3) is 0. The lowest BCUT2D eigenvalue weighted by atomic mass is 10.1. The van der Waals surface area contributed by atoms with Crippen LogP contribution in [0.25, 0.3) is 11.3 Å². The lowest BCUT2D eigenvalue weighted by Crippen LogP contribution is -1.80. The molecule has 72 valence electrons. The first-order valence-corrected chi connectivity index (χ1v) is 4.88. The van der Waals surface area contributed by atoms with Gasteiger partial charge in [-0.15, -0.1) is 0 Å². The van der Waals surface area contributed by atoms with Gasteiger partial charge >= 0.3 is 0 Å². The zero-order valence-electron chi connectivity index (χ0n) is 6.80. The summed E-state index contributed by atoms with van der Waals surface area (Å²) in [6.07, 6.45) is 0. The number of nitrogens with zero attached hydrogens (tertiary/aromatic N) is 1. The summed E-state index contributed by atoms with van der Waals surface area (Å²) in [5.41, 5.74) is 1.16. The van der Waals surface area contributed by atoms with Crippen LogP contribution in [-0.4, -0.2) is 5.16 Å². The summed E-state index contributed by atoms with van der Waals surface area (Å²) in [6.45, 7) is 0. The number of halogens is 3. The van der Waals surface area contributed by atoms with Gasteiger partial charge in [-0.2, -0.15) is 0 Å². The highest BCUT2D eigenvalue weighted by Gasteiger charge is 2.12. The van der Waals surface area contributed by atoms with Crippen molar-refractivity contribution in [2.24, 2.45) is 0 Å². The Morgan fingerprint density at radius 2 is 1.71 bits per heavy atom. The minimum Gasteiger partial charge on any atom is -0.344 e. The Morgan fingerprint density at radius 1 is 1.07 bits per heavy atom. The van der Waals surface area contributed by atoms with Crippen LogP contribution in [0.15, 0.2) is 28.8 Å². The third-order valence-corrected chi connectivity index (χ3v) is 2.51. The van der Waals surface area contributed by atoms with E-state index >= 15 is 0 Å². The number of hydrogen-bond acceptors (Lipinski definition) is 2. The Labute approximate surface area is 95.4 Å². The van der Waals surface area contributed by atoms with Gasteiger partial charge in [-0.3, -0.25) is 0 Å². The monoisotopic (exact) mass is 247 g/mol. The summed E-state index contributed by atoms with van der Waals surface area (Å²) < 4.78 is 4.73. The summed E-state index contributed by atoms with van der Waals surface area (Å²) in [5.74, 6) is 0. The van der Waals surface area contributed by atoms with Gasteiger partial charge in [0, 0.05) is 11.6 Å². The van der Waals surface area contributed by atoms with Crippen LogP contribution in [0.5, 0.6) is 0 Å². The Kier molecular flexibility index (Phi) is 2.68. The minimum absolute atomic E-state index is 0.205. The maximum absolute atomic E-state index is 5.96. The van der Waals surface area contributed by atoms with E-state index in [0.717, 1.165) is 0 Å². The minimum atomic E-state index is 0.205. The molecule has 0 aliphatic heterocycles. The molecule has 2 aromatic rings. The Morgan fingerprint density at radius 3 is 2.21 bits per heavy atom. The molecule has 1 heterocycles. The van der Waals surface area contributed by atoms with Gasteiger partial charge in [0.05, 0.1) is 10.0 Å². The molecule has 0 saturated heterocycles. The molecule has 0 bridgehead atoms. The normalized spacial score (nSPS) is 10.5. The van der Waals surface area contributed by atoms with E-state index in [0.29, 0.717) is 21.3 Å². The molecule has 0 aliphatic rings. The molecule has 0 fully saturated rings. The molecule has 2 rings (SSSR count). The summed E-state index contributed by atoms with van der Waals surface area (Å²) >= 11 is 17.5. The quantitative estimate of drug-likeness (QED) is 0.752. The molecule has 2 nitrogen and oxygen atoms in total. The highest BCUT2D eigenvalue weighted by molar-refractivity contribution is 6.39. The van der Waals surface area contributed by atoms with E-state index in [9.17, 15) is 0 Å². The summed E-state index contributed by atoms with van der Waals surface area (Å²) in [5, 5.41) is 4.97. The van der Waals surface area contributed by atoms with E-state index in [1.54, 1.807) is 24.3 Å². The zero-order chi connectivity index (χ0) is 10.1. The highest BCUT2D eigenvalue weighted by atomic mass is 35.5. The van der Waals surface area contributed by atoms with Crippen molar-refractivity contribution in [2.45, 2.75) is 0 Å². The molecule has 1 aromatic carbocycles. The van der Waals surface area contributed by atoms with Crippen molar-refractivity contribution in [1.29, 1.82) is 0 Å². The van der Waals surface area contributed by atoms with Crippen LogP contribution in [-0.2, 0) is 0 Å².